The molecule has 0 amide bonds. The highest BCUT2D eigenvalue weighted by molar-refractivity contribution is 5.95. The fourth-order valence-electron chi connectivity index (χ4n) is 2.24. The van der Waals surface area contributed by atoms with Gasteiger partial charge in [0, 0.05) is 29.9 Å². The molecule has 0 spiro atoms. The third kappa shape index (κ3) is 4.12. The number of carbonyl (C=O) groups excluding carboxylic acids is 1. The van der Waals surface area contributed by atoms with Gasteiger partial charge < -0.3 is 10.1 Å². The van der Waals surface area contributed by atoms with Crippen LogP contribution in [0.25, 0.3) is 0 Å². The largest absolute Gasteiger partial charge is 0.494 e. The maximum Gasteiger partial charge on any atom is 0.160 e. The molecule has 1 N–H and O–H groups in total. The molecule has 0 saturated heterocycles. The van der Waals surface area contributed by atoms with Crippen molar-refractivity contribution in [3.05, 3.63) is 36.0 Å². The van der Waals surface area contributed by atoms with Gasteiger partial charge in [-0.3, -0.25) is 4.79 Å². The molecule has 1 aliphatic carbocycles. The standard InChI is InChI=1S/C16H21NO2/c1-2-19-15-9-6-8-14(11-15)17-12-13-7-4-3-5-10-16(13)18/h6,8-9,11-12,17H,2-5,7,10H2,1H3/b13-12+. The van der Waals surface area contributed by atoms with Crippen LogP contribution in [0.2, 0.25) is 0 Å². The molecule has 1 aromatic carbocycles. The first-order valence-corrected chi connectivity index (χ1v) is 7.01. The molecule has 0 heterocycles. The Morgan fingerprint density at radius 2 is 2.11 bits per heavy atom. The Hall–Kier alpha value is -1.77. The minimum Gasteiger partial charge on any atom is -0.494 e. The van der Waals surface area contributed by atoms with Crippen LogP contribution in [-0.4, -0.2) is 12.4 Å². The Bertz CT molecular complexity index is 466. The number of Topliss-reactive ketones (excluding diaryl/α,β-unsaturated/α-hetero) is 1. The third-order valence-corrected chi connectivity index (χ3v) is 3.27. The van der Waals surface area contributed by atoms with E-state index in [9.17, 15) is 4.79 Å². The van der Waals surface area contributed by atoms with Gasteiger partial charge in [0.25, 0.3) is 0 Å². The Morgan fingerprint density at radius 1 is 1.26 bits per heavy atom. The molecule has 0 atom stereocenters. The molecule has 1 saturated carbocycles. The summed E-state index contributed by atoms with van der Waals surface area (Å²) in [4.78, 5) is 11.9. The Labute approximate surface area is 114 Å². The van der Waals surface area contributed by atoms with Gasteiger partial charge in [0.1, 0.15) is 5.75 Å². The second kappa shape index (κ2) is 6.98. The maximum absolute atomic E-state index is 11.9. The average Bonchev–Trinajstić information content (AvgIpc) is 2.62. The quantitative estimate of drug-likeness (QED) is 0.658. The van der Waals surface area contributed by atoms with Gasteiger partial charge in [-0.05, 0) is 38.3 Å². The molecular weight excluding hydrogens is 238 g/mol. The first kappa shape index (κ1) is 13.7. The predicted molar refractivity (Wildman–Crippen MR) is 77.4 cm³/mol. The summed E-state index contributed by atoms with van der Waals surface area (Å²) in [6.07, 6.45) is 6.72. The fraction of sp³-hybridized carbons (Fsp3) is 0.438. The second-order valence-corrected chi connectivity index (χ2v) is 4.76. The summed E-state index contributed by atoms with van der Waals surface area (Å²) in [6.45, 7) is 2.62. The molecule has 102 valence electrons. The van der Waals surface area contributed by atoms with Gasteiger partial charge >= 0.3 is 0 Å². The summed E-state index contributed by atoms with van der Waals surface area (Å²) >= 11 is 0. The molecule has 0 bridgehead atoms. The van der Waals surface area contributed by atoms with Gasteiger partial charge in [-0.2, -0.15) is 0 Å². The van der Waals surface area contributed by atoms with Crippen molar-refractivity contribution >= 4 is 11.5 Å². The van der Waals surface area contributed by atoms with Crippen LogP contribution in [-0.2, 0) is 4.79 Å². The Morgan fingerprint density at radius 3 is 2.95 bits per heavy atom. The number of nitrogens with one attached hydrogen (secondary N) is 1. The lowest BCUT2D eigenvalue weighted by Gasteiger charge is -2.07. The van der Waals surface area contributed by atoms with E-state index in [1.165, 1.54) is 0 Å². The van der Waals surface area contributed by atoms with Crippen LogP contribution in [0.1, 0.15) is 39.0 Å². The van der Waals surface area contributed by atoms with E-state index in [0.29, 0.717) is 13.0 Å². The zero-order valence-electron chi connectivity index (χ0n) is 11.4. The fourth-order valence-corrected chi connectivity index (χ4v) is 2.24. The first-order chi connectivity index (χ1) is 9.29. The van der Waals surface area contributed by atoms with E-state index < -0.39 is 0 Å². The zero-order valence-corrected chi connectivity index (χ0v) is 11.4. The summed E-state index contributed by atoms with van der Waals surface area (Å²) in [5, 5.41) is 3.21. The van der Waals surface area contributed by atoms with Gasteiger partial charge in [-0.1, -0.05) is 12.5 Å². The summed E-state index contributed by atoms with van der Waals surface area (Å²) < 4.78 is 5.45. The van der Waals surface area contributed by atoms with E-state index in [0.717, 1.165) is 42.7 Å². The van der Waals surface area contributed by atoms with Gasteiger partial charge in [0.05, 0.1) is 6.61 Å². The smallest absolute Gasteiger partial charge is 0.160 e. The van der Waals surface area contributed by atoms with Crippen molar-refractivity contribution in [1.29, 1.82) is 0 Å². The van der Waals surface area contributed by atoms with E-state index >= 15 is 0 Å². The Kier molecular flexibility index (Phi) is 5.01. The molecule has 0 radical (unpaired) electrons. The van der Waals surface area contributed by atoms with Gasteiger partial charge in [-0.25, -0.2) is 0 Å². The van der Waals surface area contributed by atoms with Crippen molar-refractivity contribution in [2.24, 2.45) is 0 Å². The number of ether oxygens (including phenoxy) is 1. The molecular formula is C16H21NO2. The van der Waals surface area contributed by atoms with E-state index in [-0.39, 0.29) is 5.78 Å². The van der Waals surface area contributed by atoms with Crippen molar-refractivity contribution in [1.82, 2.24) is 0 Å². The molecule has 1 fully saturated rings. The topological polar surface area (TPSA) is 38.3 Å². The highest BCUT2D eigenvalue weighted by Gasteiger charge is 2.12. The van der Waals surface area contributed by atoms with Crippen LogP contribution in [0.3, 0.4) is 0 Å². The molecule has 1 aliphatic rings. The lowest BCUT2D eigenvalue weighted by atomic mass is 10.1. The first-order valence-electron chi connectivity index (χ1n) is 7.01. The normalized spacial score (nSPS) is 18.2. The van der Waals surface area contributed by atoms with Crippen molar-refractivity contribution < 1.29 is 9.53 Å². The molecule has 2 rings (SSSR count). The predicted octanol–water partition coefficient (Wildman–Crippen LogP) is 3.91. The van der Waals surface area contributed by atoms with Crippen LogP contribution in [0.4, 0.5) is 5.69 Å². The number of rotatable bonds is 4. The summed E-state index contributed by atoms with van der Waals surface area (Å²) in [5.74, 6) is 1.13. The molecule has 0 unspecified atom stereocenters. The number of anilines is 1. The van der Waals surface area contributed by atoms with Crippen LogP contribution in [0.5, 0.6) is 5.75 Å². The molecule has 3 nitrogen and oxygen atoms in total. The van der Waals surface area contributed by atoms with Crippen molar-refractivity contribution in [2.75, 3.05) is 11.9 Å². The summed E-state index contributed by atoms with van der Waals surface area (Å²) in [5.41, 5.74) is 1.87. The third-order valence-electron chi connectivity index (χ3n) is 3.27. The number of hydrogen-bond donors (Lipinski definition) is 1. The number of benzene rings is 1. The molecule has 19 heavy (non-hydrogen) atoms. The van der Waals surface area contributed by atoms with Crippen LogP contribution in [0.15, 0.2) is 36.0 Å². The van der Waals surface area contributed by atoms with Crippen LogP contribution >= 0.6 is 0 Å². The SMILES string of the molecule is CCOc1cccc(N/C=C2\CCCCCC2=O)c1. The maximum atomic E-state index is 11.9. The monoisotopic (exact) mass is 259 g/mol. The minimum absolute atomic E-state index is 0.283. The number of allylic oxidation sites excluding steroid dienone is 1. The molecule has 3 heteroatoms. The summed E-state index contributed by atoms with van der Waals surface area (Å²) in [7, 11) is 0. The molecule has 0 aromatic heterocycles. The zero-order chi connectivity index (χ0) is 13.5. The van der Waals surface area contributed by atoms with Crippen molar-refractivity contribution in [3.8, 4) is 5.75 Å². The summed E-state index contributed by atoms with van der Waals surface area (Å²) in [6, 6.07) is 7.79. The highest BCUT2D eigenvalue weighted by atomic mass is 16.5. The average molecular weight is 259 g/mol. The van der Waals surface area contributed by atoms with Crippen molar-refractivity contribution in [3.63, 3.8) is 0 Å². The number of ketones is 1. The lowest BCUT2D eigenvalue weighted by molar-refractivity contribution is -0.115. The van der Waals surface area contributed by atoms with E-state index in [2.05, 4.69) is 5.32 Å². The van der Waals surface area contributed by atoms with Gasteiger partial charge in [0.2, 0.25) is 0 Å². The molecule has 1 aromatic rings. The van der Waals surface area contributed by atoms with E-state index in [1.54, 1.807) is 0 Å². The lowest BCUT2D eigenvalue weighted by Crippen LogP contribution is -2.02. The molecule has 0 aliphatic heterocycles. The Balaban J connectivity index is 2.03. The van der Waals surface area contributed by atoms with E-state index in [1.807, 2.05) is 37.4 Å². The highest BCUT2D eigenvalue weighted by Crippen LogP contribution is 2.21. The van der Waals surface area contributed by atoms with Gasteiger partial charge in [-0.15, -0.1) is 0 Å². The van der Waals surface area contributed by atoms with E-state index in [4.69, 9.17) is 4.74 Å². The second-order valence-electron chi connectivity index (χ2n) is 4.76. The van der Waals surface area contributed by atoms with Crippen LogP contribution < -0.4 is 10.1 Å². The minimum atomic E-state index is 0.283. The van der Waals surface area contributed by atoms with Crippen LogP contribution in [0, 0.1) is 0 Å². The van der Waals surface area contributed by atoms with Crippen molar-refractivity contribution in [2.45, 2.75) is 39.0 Å². The number of hydrogen-bond acceptors (Lipinski definition) is 3. The number of carbonyl (C=O) groups is 1. The van der Waals surface area contributed by atoms with Gasteiger partial charge in [0.15, 0.2) is 5.78 Å².